The van der Waals surface area contributed by atoms with Crippen molar-refractivity contribution in [3.63, 3.8) is 0 Å². The number of rotatable bonds is 5. The molecule has 1 aliphatic rings. The van der Waals surface area contributed by atoms with Gasteiger partial charge in [-0.2, -0.15) is 5.10 Å². The molecule has 0 radical (unpaired) electrons. The highest BCUT2D eigenvalue weighted by molar-refractivity contribution is 6.34. The summed E-state index contributed by atoms with van der Waals surface area (Å²) < 4.78 is 0. The lowest BCUT2D eigenvalue weighted by molar-refractivity contribution is -0.129. The Kier molecular flexibility index (Phi) is 5.46. The second-order valence-corrected chi connectivity index (χ2v) is 4.30. The Morgan fingerprint density at radius 2 is 2.35 bits per heavy atom. The van der Waals surface area contributed by atoms with Crippen LogP contribution in [0.15, 0.2) is 29.4 Å². The average Bonchev–Trinajstić information content (AvgIpc) is 2.30. The molecule has 17 heavy (non-hydrogen) atoms. The standard InChI is InChI=1S/C13H20N2O2/c1-11(13(16)17)14-15(2)10-6-9-12-7-4-3-5-8-12/h3-4,6,9,12H,5,7-8,10H2,1-2H3,(H,16,17). The summed E-state index contributed by atoms with van der Waals surface area (Å²) >= 11 is 0. The van der Waals surface area contributed by atoms with Gasteiger partial charge in [0.1, 0.15) is 5.71 Å². The van der Waals surface area contributed by atoms with Gasteiger partial charge in [-0.25, -0.2) is 4.79 Å². The largest absolute Gasteiger partial charge is 0.477 e. The number of hydrogen-bond donors (Lipinski definition) is 1. The number of likely N-dealkylation sites (N-methyl/N-ethyl adjacent to an activating group) is 1. The zero-order chi connectivity index (χ0) is 12.7. The number of allylic oxidation sites excluding steroid dienone is 3. The van der Waals surface area contributed by atoms with E-state index in [1.807, 2.05) is 0 Å². The predicted molar refractivity (Wildman–Crippen MR) is 69.0 cm³/mol. The second kappa shape index (κ2) is 6.89. The maximum absolute atomic E-state index is 10.6. The van der Waals surface area contributed by atoms with Crippen molar-refractivity contribution in [3.8, 4) is 0 Å². The molecule has 1 unspecified atom stereocenters. The molecule has 0 aliphatic heterocycles. The van der Waals surface area contributed by atoms with E-state index in [0.717, 1.165) is 12.8 Å². The van der Waals surface area contributed by atoms with Gasteiger partial charge in [0.25, 0.3) is 0 Å². The molecule has 4 heteroatoms. The van der Waals surface area contributed by atoms with Crippen molar-refractivity contribution in [1.29, 1.82) is 0 Å². The minimum atomic E-state index is -0.974. The first-order chi connectivity index (χ1) is 8.09. The minimum absolute atomic E-state index is 0.112. The van der Waals surface area contributed by atoms with Crippen LogP contribution >= 0.6 is 0 Å². The van der Waals surface area contributed by atoms with Crippen molar-refractivity contribution in [2.24, 2.45) is 11.0 Å². The third kappa shape index (κ3) is 5.33. The van der Waals surface area contributed by atoms with Crippen molar-refractivity contribution in [1.82, 2.24) is 5.01 Å². The summed E-state index contributed by atoms with van der Waals surface area (Å²) in [4.78, 5) is 10.6. The Morgan fingerprint density at radius 3 is 2.94 bits per heavy atom. The third-order valence-corrected chi connectivity index (χ3v) is 2.72. The molecule has 0 aromatic rings. The molecule has 94 valence electrons. The first-order valence-electron chi connectivity index (χ1n) is 5.91. The summed E-state index contributed by atoms with van der Waals surface area (Å²) in [5.74, 6) is -0.351. The van der Waals surface area contributed by atoms with Crippen LogP contribution in [0, 0.1) is 5.92 Å². The zero-order valence-corrected chi connectivity index (χ0v) is 10.5. The molecule has 0 heterocycles. The number of hydrazone groups is 1. The highest BCUT2D eigenvalue weighted by Gasteiger charge is 2.05. The molecule has 1 aliphatic carbocycles. The van der Waals surface area contributed by atoms with E-state index in [2.05, 4.69) is 29.4 Å². The number of carbonyl (C=O) groups is 1. The normalized spacial score (nSPS) is 20.8. The maximum atomic E-state index is 10.6. The van der Waals surface area contributed by atoms with E-state index in [1.165, 1.54) is 13.3 Å². The van der Waals surface area contributed by atoms with Crippen molar-refractivity contribution in [2.75, 3.05) is 13.6 Å². The number of hydrogen-bond acceptors (Lipinski definition) is 3. The van der Waals surface area contributed by atoms with Crippen LogP contribution in [0.1, 0.15) is 26.2 Å². The quantitative estimate of drug-likeness (QED) is 0.452. The third-order valence-electron chi connectivity index (χ3n) is 2.72. The molecular weight excluding hydrogens is 216 g/mol. The summed E-state index contributed by atoms with van der Waals surface area (Å²) in [6, 6.07) is 0. The van der Waals surface area contributed by atoms with Gasteiger partial charge in [0.2, 0.25) is 0 Å². The Balaban J connectivity index is 2.34. The lowest BCUT2D eigenvalue weighted by Crippen LogP contribution is -2.18. The summed E-state index contributed by atoms with van der Waals surface area (Å²) in [7, 11) is 1.78. The van der Waals surface area contributed by atoms with Crippen molar-refractivity contribution >= 4 is 11.7 Å². The molecule has 1 rings (SSSR count). The fourth-order valence-electron chi connectivity index (χ4n) is 1.74. The van der Waals surface area contributed by atoms with Crippen LogP contribution in [0.2, 0.25) is 0 Å². The van der Waals surface area contributed by atoms with Gasteiger partial charge < -0.3 is 5.11 Å². The van der Waals surface area contributed by atoms with Crippen molar-refractivity contribution in [2.45, 2.75) is 26.2 Å². The summed E-state index contributed by atoms with van der Waals surface area (Å²) in [5.41, 5.74) is 0.112. The van der Waals surface area contributed by atoms with E-state index in [9.17, 15) is 4.79 Å². The molecule has 0 saturated heterocycles. The van der Waals surface area contributed by atoms with Gasteiger partial charge in [-0.05, 0) is 32.1 Å². The second-order valence-electron chi connectivity index (χ2n) is 4.30. The molecular formula is C13H20N2O2. The maximum Gasteiger partial charge on any atom is 0.351 e. The zero-order valence-electron chi connectivity index (χ0n) is 10.5. The lowest BCUT2D eigenvalue weighted by atomic mass is 9.94. The molecule has 0 spiro atoms. The van der Waals surface area contributed by atoms with Crippen molar-refractivity contribution < 1.29 is 9.90 Å². The van der Waals surface area contributed by atoms with Crippen LogP contribution in [0.25, 0.3) is 0 Å². The Bertz CT molecular complexity index is 345. The molecule has 1 N–H and O–H groups in total. The first-order valence-corrected chi connectivity index (χ1v) is 5.91. The van der Waals surface area contributed by atoms with E-state index < -0.39 is 5.97 Å². The topological polar surface area (TPSA) is 52.9 Å². The average molecular weight is 236 g/mol. The molecule has 0 amide bonds. The highest BCUT2D eigenvalue weighted by atomic mass is 16.4. The Labute approximate surface area is 102 Å². The van der Waals surface area contributed by atoms with Crippen LogP contribution in [0.5, 0.6) is 0 Å². The van der Waals surface area contributed by atoms with Crippen LogP contribution in [0.4, 0.5) is 0 Å². The van der Waals surface area contributed by atoms with Crippen LogP contribution in [-0.2, 0) is 4.79 Å². The summed E-state index contributed by atoms with van der Waals surface area (Å²) in [6.07, 6.45) is 12.2. The molecule has 0 fully saturated rings. The Morgan fingerprint density at radius 1 is 1.59 bits per heavy atom. The van der Waals surface area contributed by atoms with Crippen molar-refractivity contribution in [3.05, 3.63) is 24.3 Å². The lowest BCUT2D eigenvalue weighted by Gasteiger charge is -2.14. The Hall–Kier alpha value is -1.58. The highest BCUT2D eigenvalue weighted by Crippen LogP contribution is 2.18. The smallest absolute Gasteiger partial charge is 0.351 e. The summed E-state index contributed by atoms with van der Waals surface area (Å²) in [6.45, 7) is 2.14. The van der Waals surface area contributed by atoms with Gasteiger partial charge in [0.05, 0.1) is 6.54 Å². The number of aliphatic carboxylic acids is 1. The van der Waals surface area contributed by atoms with E-state index >= 15 is 0 Å². The SMILES string of the molecule is CC(=NN(C)CC=CC1CC=CCC1)C(=O)O. The predicted octanol–water partition coefficient (Wildman–Crippen LogP) is 2.29. The van der Waals surface area contributed by atoms with Gasteiger partial charge >= 0.3 is 5.97 Å². The number of carboxylic acid groups (broad SMARTS) is 1. The molecule has 0 aromatic carbocycles. The monoisotopic (exact) mass is 236 g/mol. The molecule has 0 aromatic heterocycles. The molecule has 4 nitrogen and oxygen atoms in total. The molecule has 1 atom stereocenters. The van der Waals surface area contributed by atoms with Gasteiger partial charge in [0, 0.05) is 7.05 Å². The molecule has 0 saturated carbocycles. The van der Waals surface area contributed by atoms with Crippen LogP contribution < -0.4 is 0 Å². The first kappa shape index (κ1) is 13.5. The van der Waals surface area contributed by atoms with Crippen LogP contribution in [0.3, 0.4) is 0 Å². The van der Waals surface area contributed by atoms with Gasteiger partial charge in [-0.15, -0.1) is 0 Å². The number of carboxylic acids is 1. The van der Waals surface area contributed by atoms with E-state index in [0.29, 0.717) is 12.5 Å². The van der Waals surface area contributed by atoms with Gasteiger partial charge in [0.15, 0.2) is 0 Å². The summed E-state index contributed by atoms with van der Waals surface area (Å²) in [5, 5.41) is 14.3. The molecule has 0 bridgehead atoms. The van der Waals surface area contributed by atoms with Gasteiger partial charge in [-0.3, -0.25) is 5.01 Å². The van der Waals surface area contributed by atoms with Crippen LogP contribution in [-0.4, -0.2) is 35.4 Å². The van der Waals surface area contributed by atoms with Gasteiger partial charge in [-0.1, -0.05) is 24.3 Å². The van der Waals surface area contributed by atoms with E-state index in [1.54, 1.807) is 12.1 Å². The van der Waals surface area contributed by atoms with E-state index in [-0.39, 0.29) is 5.71 Å². The fourth-order valence-corrected chi connectivity index (χ4v) is 1.74. The fraction of sp³-hybridized carbons (Fsp3) is 0.538. The number of nitrogens with zero attached hydrogens (tertiary/aromatic N) is 2. The minimum Gasteiger partial charge on any atom is -0.477 e. The van der Waals surface area contributed by atoms with E-state index in [4.69, 9.17) is 5.11 Å².